The quantitative estimate of drug-likeness (QED) is 0.895. The zero-order valence-corrected chi connectivity index (χ0v) is 14.6. The summed E-state index contributed by atoms with van der Waals surface area (Å²) in [5.41, 5.74) is 8.01. The highest BCUT2D eigenvalue weighted by Gasteiger charge is 2.30. The van der Waals surface area contributed by atoms with Crippen LogP contribution in [0.15, 0.2) is 24.3 Å². The molecule has 1 aliphatic rings. The van der Waals surface area contributed by atoms with Crippen LogP contribution < -0.4 is 11.1 Å². The van der Waals surface area contributed by atoms with Gasteiger partial charge in [-0.15, -0.1) is 0 Å². The van der Waals surface area contributed by atoms with Crippen molar-refractivity contribution in [2.24, 2.45) is 5.73 Å². The number of aryl methyl sites for hydroxylation is 1. The number of carbonyl (C=O) groups is 1. The second-order valence-electron chi connectivity index (χ2n) is 7.29. The Bertz CT molecular complexity index is 522. The van der Waals surface area contributed by atoms with Gasteiger partial charge in [0, 0.05) is 31.7 Å². The van der Waals surface area contributed by atoms with E-state index < -0.39 is 5.60 Å². The first-order valence-corrected chi connectivity index (χ1v) is 8.28. The minimum atomic E-state index is -0.468. The smallest absolute Gasteiger partial charge is 0.407 e. The summed E-state index contributed by atoms with van der Waals surface area (Å²) >= 11 is 0. The Labute approximate surface area is 139 Å². The number of nitrogens with two attached hydrogens (primary N) is 1. The van der Waals surface area contributed by atoms with Crippen LogP contribution in [-0.4, -0.2) is 42.3 Å². The van der Waals surface area contributed by atoms with E-state index in [1.54, 1.807) is 0 Å². The van der Waals surface area contributed by atoms with Gasteiger partial charge in [-0.25, -0.2) is 4.79 Å². The lowest BCUT2D eigenvalue weighted by Gasteiger charge is -2.27. The Hall–Kier alpha value is -1.59. The second-order valence-corrected chi connectivity index (χ2v) is 7.29. The van der Waals surface area contributed by atoms with Crippen LogP contribution in [0.3, 0.4) is 0 Å². The van der Waals surface area contributed by atoms with E-state index in [4.69, 9.17) is 10.5 Å². The normalized spacial score (nSPS) is 20.3. The van der Waals surface area contributed by atoms with Gasteiger partial charge in [-0.2, -0.15) is 0 Å². The van der Waals surface area contributed by atoms with Crippen LogP contribution in [0.4, 0.5) is 4.79 Å². The molecule has 0 spiro atoms. The van der Waals surface area contributed by atoms with Crippen molar-refractivity contribution in [2.45, 2.75) is 51.8 Å². The van der Waals surface area contributed by atoms with Crippen LogP contribution in [0.2, 0.25) is 0 Å². The van der Waals surface area contributed by atoms with Gasteiger partial charge in [0.05, 0.1) is 0 Å². The predicted octanol–water partition coefficient (Wildman–Crippen LogP) is 2.59. The molecule has 0 aliphatic carbocycles. The summed E-state index contributed by atoms with van der Waals surface area (Å²) in [7, 11) is 0. The Morgan fingerprint density at radius 2 is 2.04 bits per heavy atom. The first kappa shape index (κ1) is 17.8. The molecule has 1 heterocycles. The number of nitrogens with one attached hydrogen (secondary N) is 1. The number of ether oxygens (including phenoxy) is 1. The van der Waals surface area contributed by atoms with Gasteiger partial charge in [0.25, 0.3) is 0 Å². The maximum Gasteiger partial charge on any atom is 0.407 e. The highest BCUT2D eigenvalue weighted by molar-refractivity contribution is 5.68. The van der Waals surface area contributed by atoms with E-state index in [9.17, 15) is 4.79 Å². The minimum absolute atomic E-state index is 0.115. The Kier molecular flexibility index (Phi) is 5.65. The first-order valence-electron chi connectivity index (χ1n) is 8.28. The Morgan fingerprint density at radius 1 is 1.39 bits per heavy atom. The van der Waals surface area contributed by atoms with E-state index in [2.05, 4.69) is 41.4 Å². The first-order chi connectivity index (χ1) is 10.8. The van der Waals surface area contributed by atoms with E-state index in [0.29, 0.717) is 6.54 Å². The van der Waals surface area contributed by atoms with Crippen LogP contribution in [0.25, 0.3) is 0 Å². The third-order valence-corrected chi connectivity index (χ3v) is 4.07. The number of hydrogen-bond donors (Lipinski definition) is 2. The molecular formula is C18H29N3O2. The number of likely N-dealkylation sites (tertiary alicyclic amines) is 1. The molecule has 0 unspecified atom stereocenters. The van der Waals surface area contributed by atoms with Gasteiger partial charge in [0.1, 0.15) is 5.60 Å². The highest BCUT2D eigenvalue weighted by Crippen LogP contribution is 2.25. The third-order valence-electron chi connectivity index (χ3n) is 4.07. The van der Waals surface area contributed by atoms with Crippen molar-refractivity contribution in [3.63, 3.8) is 0 Å². The number of hydrogen-bond acceptors (Lipinski definition) is 4. The number of amides is 1. The molecule has 2 atom stereocenters. The molecule has 5 nitrogen and oxygen atoms in total. The van der Waals surface area contributed by atoms with Gasteiger partial charge in [-0.3, -0.25) is 4.90 Å². The lowest BCUT2D eigenvalue weighted by atomic mass is 10.0. The van der Waals surface area contributed by atoms with Crippen LogP contribution in [0, 0.1) is 6.92 Å². The van der Waals surface area contributed by atoms with Gasteiger partial charge >= 0.3 is 6.09 Å². The van der Waals surface area contributed by atoms with Crippen LogP contribution >= 0.6 is 0 Å². The molecule has 1 saturated heterocycles. The van der Waals surface area contributed by atoms with Gasteiger partial charge in [0.2, 0.25) is 0 Å². The molecule has 1 aliphatic heterocycles. The van der Waals surface area contributed by atoms with Gasteiger partial charge in [0.15, 0.2) is 0 Å². The molecule has 128 valence electrons. The standard InChI is InChI=1S/C18H29N3O2/c1-13-5-7-14(8-6-13)16(11-19)21-10-9-15(12-21)20-17(22)23-18(2,3)4/h5-8,15-16H,9-12,19H2,1-4H3,(H,20,22)/t15-,16-/m1/s1. The molecule has 1 aromatic rings. The summed E-state index contributed by atoms with van der Waals surface area (Å²) in [4.78, 5) is 14.2. The molecule has 1 aromatic carbocycles. The number of alkyl carbamates (subject to hydrolysis) is 1. The largest absolute Gasteiger partial charge is 0.444 e. The number of benzene rings is 1. The van der Waals surface area contributed by atoms with Crippen LogP contribution in [0.5, 0.6) is 0 Å². The van der Waals surface area contributed by atoms with Crippen molar-refractivity contribution < 1.29 is 9.53 Å². The Morgan fingerprint density at radius 3 is 2.61 bits per heavy atom. The molecule has 3 N–H and O–H groups in total. The average molecular weight is 319 g/mol. The fourth-order valence-electron chi connectivity index (χ4n) is 2.95. The molecule has 0 aromatic heterocycles. The SMILES string of the molecule is Cc1ccc([C@@H](CN)N2CC[C@@H](NC(=O)OC(C)(C)C)C2)cc1. The molecule has 1 amide bonds. The maximum absolute atomic E-state index is 11.9. The summed E-state index contributed by atoms with van der Waals surface area (Å²) in [6.45, 7) is 9.99. The second kappa shape index (κ2) is 7.32. The summed E-state index contributed by atoms with van der Waals surface area (Å²) in [5.74, 6) is 0. The van der Waals surface area contributed by atoms with Crippen molar-refractivity contribution in [1.29, 1.82) is 0 Å². The van der Waals surface area contributed by atoms with Gasteiger partial charge in [-0.1, -0.05) is 29.8 Å². The van der Waals surface area contributed by atoms with Crippen molar-refractivity contribution in [2.75, 3.05) is 19.6 Å². The van der Waals surface area contributed by atoms with Crippen molar-refractivity contribution in [3.8, 4) is 0 Å². The number of nitrogens with zero attached hydrogens (tertiary/aromatic N) is 1. The summed E-state index contributed by atoms with van der Waals surface area (Å²) in [5, 5.41) is 2.96. The van der Waals surface area contributed by atoms with Crippen LogP contribution in [-0.2, 0) is 4.74 Å². The molecule has 0 saturated carbocycles. The van der Waals surface area contributed by atoms with E-state index >= 15 is 0 Å². The zero-order chi connectivity index (χ0) is 17.0. The fourth-order valence-corrected chi connectivity index (χ4v) is 2.95. The number of rotatable bonds is 4. The zero-order valence-electron chi connectivity index (χ0n) is 14.6. The van der Waals surface area contributed by atoms with Gasteiger partial charge < -0.3 is 15.8 Å². The monoisotopic (exact) mass is 319 g/mol. The van der Waals surface area contributed by atoms with Crippen molar-refractivity contribution in [1.82, 2.24) is 10.2 Å². The predicted molar refractivity (Wildman–Crippen MR) is 92.3 cm³/mol. The average Bonchev–Trinajstić information content (AvgIpc) is 2.87. The van der Waals surface area contributed by atoms with E-state index in [1.807, 2.05) is 20.8 Å². The molecular weight excluding hydrogens is 290 g/mol. The lowest BCUT2D eigenvalue weighted by molar-refractivity contribution is 0.0504. The molecule has 23 heavy (non-hydrogen) atoms. The maximum atomic E-state index is 11.9. The Balaban J connectivity index is 1.93. The van der Waals surface area contributed by atoms with Crippen LogP contribution in [0.1, 0.15) is 44.4 Å². The molecule has 2 rings (SSSR count). The van der Waals surface area contributed by atoms with Crippen molar-refractivity contribution in [3.05, 3.63) is 35.4 Å². The lowest BCUT2D eigenvalue weighted by Crippen LogP contribution is -2.41. The van der Waals surface area contributed by atoms with Gasteiger partial charge in [-0.05, 0) is 39.7 Å². The fraction of sp³-hybridized carbons (Fsp3) is 0.611. The summed E-state index contributed by atoms with van der Waals surface area (Å²) in [6.07, 6.45) is 0.575. The summed E-state index contributed by atoms with van der Waals surface area (Å²) in [6, 6.07) is 8.82. The third kappa shape index (κ3) is 5.22. The minimum Gasteiger partial charge on any atom is -0.444 e. The highest BCUT2D eigenvalue weighted by atomic mass is 16.6. The van der Waals surface area contributed by atoms with Crippen molar-refractivity contribution >= 4 is 6.09 Å². The molecule has 0 bridgehead atoms. The molecule has 1 fully saturated rings. The molecule has 5 heteroatoms. The topological polar surface area (TPSA) is 67.6 Å². The number of carbonyl (C=O) groups excluding carboxylic acids is 1. The molecule has 0 radical (unpaired) electrons. The van der Waals surface area contributed by atoms with E-state index in [1.165, 1.54) is 11.1 Å². The summed E-state index contributed by atoms with van der Waals surface area (Å²) < 4.78 is 5.33. The van der Waals surface area contributed by atoms with E-state index in [0.717, 1.165) is 19.5 Å². The van der Waals surface area contributed by atoms with E-state index in [-0.39, 0.29) is 18.2 Å².